The highest BCUT2D eigenvalue weighted by Crippen LogP contribution is 2.55. The monoisotopic (exact) mass is 262 g/mol. The first-order chi connectivity index (χ1) is 8.67. The molecular formula is C16H22O3. The number of esters is 1. The molecule has 0 heterocycles. The molecule has 0 saturated heterocycles. The third kappa shape index (κ3) is 2.16. The highest BCUT2D eigenvalue weighted by molar-refractivity contribution is 5.89. The first-order valence-corrected chi connectivity index (χ1v) is 6.63. The van der Waals surface area contributed by atoms with Gasteiger partial charge in [0.1, 0.15) is 6.10 Å². The fourth-order valence-electron chi connectivity index (χ4n) is 3.28. The molecule has 0 bridgehead atoms. The van der Waals surface area contributed by atoms with E-state index in [2.05, 4.69) is 0 Å². The van der Waals surface area contributed by atoms with E-state index in [1.54, 1.807) is 12.1 Å². The molecule has 3 nitrogen and oxygen atoms in total. The van der Waals surface area contributed by atoms with Crippen molar-refractivity contribution < 1.29 is 14.6 Å². The molecule has 1 saturated carbocycles. The molecule has 1 aliphatic carbocycles. The van der Waals surface area contributed by atoms with Crippen molar-refractivity contribution in [1.29, 1.82) is 0 Å². The Morgan fingerprint density at radius 2 is 1.58 bits per heavy atom. The van der Waals surface area contributed by atoms with Crippen LogP contribution in [0, 0.1) is 17.8 Å². The lowest BCUT2D eigenvalue weighted by Crippen LogP contribution is -2.68. The van der Waals surface area contributed by atoms with Crippen LogP contribution < -0.4 is 0 Å². The Morgan fingerprint density at radius 1 is 1.11 bits per heavy atom. The molecule has 0 atom stereocenters. The molecule has 1 aliphatic rings. The largest absolute Gasteiger partial charge is 0.457 e. The summed E-state index contributed by atoms with van der Waals surface area (Å²) in [4.78, 5) is 12.1. The van der Waals surface area contributed by atoms with Crippen molar-refractivity contribution in [2.45, 2.75) is 46.8 Å². The van der Waals surface area contributed by atoms with Crippen molar-refractivity contribution >= 4 is 5.97 Å². The molecule has 0 unspecified atom stereocenters. The zero-order valence-corrected chi connectivity index (χ0v) is 12.2. The molecule has 1 fully saturated rings. The summed E-state index contributed by atoms with van der Waals surface area (Å²) in [5.41, 5.74) is 0.864. The minimum Gasteiger partial charge on any atom is -0.457 e. The topological polar surface area (TPSA) is 46.5 Å². The van der Waals surface area contributed by atoms with Crippen molar-refractivity contribution in [2.75, 3.05) is 0 Å². The fraction of sp³-hybridized carbons (Fsp3) is 0.562. The van der Waals surface area contributed by atoms with Gasteiger partial charge in [-0.1, -0.05) is 45.4 Å². The van der Waals surface area contributed by atoms with Gasteiger partial charge in [0.2, 0.25) is 0 Å². The van der Waals surface area contributed by atoms with Crippen LogP contribution in [-0.2, 0) is 4.74 Å². The molecule has 0 aliphatic heterocycles. The molecule has 3 heteroatoms. The van der Waals surface area contributed by atoms with E-state index in [4.69, 9.17) is 4.74 Å². The van der Waals surface area contributed by atoms with Crippen molar-refractivity contribution in [1.82, 2.24) is 0 Å². The summed E-state index contributed by atoms with van der Waals surface area (Å²) in [7, 11) is 0. The maximum Gasteiger partial charge on any atom is 0.338 e. The van der Waals surface area contributed by atoms with E-state index >= 15 is 0 Å². The fourth-order valence-corrected chi connectivity index (χ4v) is 3.28. The summed E-state index contributed by atoms with van der Waals surface area (Å²) in [6, 6.07) is 7.32. The lowest BCUT2D eigenvalue weighted by Gasteiger charge is -2.60. The molecule has 0 amide bonds. The van der Waals surface area contributed by atoms with Gasteiger partial charge in [0, 0.05) is 10.8 Å². The number of aryl methyl sites for hydroxylation is 1. The maximum absolute atomic E-state index is 12.1. The highest BCUT2D eigenvalue weighted by atomic mass is 16.6. The SMILES string of the molecule is Cc1ccc(C(=O)OC2C(C)(C)C(O)C2(C)C)cc1. The Hall–Kier alpha value is -1.35. The third-order valence-electron chi connectivity index (χ3n) is 4.27. The minimum absolute atomic E-state index is 0.274. The molecule has 1 aromatic carbocycles. The van der Waals surface area contributed by atoms with Crippen LogP contribution in [0.2, 0.25) is 0 Å². The van der Waals surface area contributed by atoms with Gasteiger partial charge in [-0.25, -0.2) is 4.79 Å². The first kappa shape index (κ1) is 14.1. The zero-order valence-electron chi connectivity index (χ0n) is 12.2. The van der Waals surface area contributed by atoms with Gasteiger partial charge in [-0.2, -0.15) is 0 Å². The number of hydrogen-bond acceptors (Lipinski definition) is 3. The van der Waals surface area contributed by atoms with E-state index < -0.39 is 16.9 Å². The number of hydrogen-bond donors (Lipinski definition) is 1. The van der Waals surface area contributed by atoms with Gasteiger partial charge in [0.05, 0.1) is 11.7 Å². The molecule has 0 aromatic heterocycles. The summed E-state index contributed by atoms with van der Waals surface area (Å²) < 4.78 is 5.61. The van der Waals surface area contributed by atoms with Gasteiger partial charge in [-0.3, -0.25) is 0 Å². The molecule has 2 rings (SSSR count). The van der Waals surface area contributed by atoms with Crippen LogP contribution >= 0.6 is 0 Å². The van der Waals surface area contributed by atoms with Crippen LogP contribution in [0.5, 0.6) is 0 Å². The second-order valence-corrected chi connectivity index (χ2v) is 6.70. The second-order valence-electron chi connectivity index (χ2n) is 6.70. The van der Waals surface area contributed by atoms with E-state index in [9.17, 15) is 9.90 Å². The van der Waals surface area contributed by atoms with Gasteiger partial charge >= 0.3 is 5.97 Å². The lowest BCUT2D eigenvalue weighted by molar-refractivity contribution is -0.246. The molecule has 19 heavy (non-hydrogen) atoms. The van der Waals surface area contributed by atoms with Gasteiger partial charge in [-0.15, -0.1) is 0 Å². The summed E-state index contributed by atoms with van der Waals surface area (Å²) >= 11 is 0. The number of benzene rings is 1. The normalized spacial score (nSPS) is 27.5. The average molecular weight is 262 g/mol. The quantitative estimate of drug-likeness (QED) is 0.833. The van der Waals surface area contributed by atoms with Crippen molar-refractivity contribution in [2.24, 2.45) is 10.8 Å². The van der Waals surface area contributed by atoms with E-state index in [0.29, 0.717) is 5.56 Å². The Labute approximate surface area is 114 Å². The number of rotatable bonds is 2. The van der Waals surface area contributed by atoms with Crippen molar-refractivity contribution in [3.8, 4) is 0 Å². The van der Waals surface area contributed by atoms with Crippen LogP contribution in [-0.4, -0.2) is 23.3 Å². The zero-order chi connectivity index (χ0) is 14.4. The number of ether oxygens (including phenoxy) is 1. The summed E-state index contributed by atoms with van der Waals surface area (Å²) in [5, 5.41) is 10.1. The Balaban J connectivity index is 2.13. The van der Waals surface area contributed by atoms with Gasteiger partial charge < -0.3 is 9.84 Å². The van der Waals surface area contributed by atoms with E-state index in [1.807, 2.05) is 46.8 Å². The van der Waals surface area contributed by atoms with Gasteiger partial charge in [-0.05, 0) is 19.1 Å². The van der Waals surface area contributed by atoms with E-state index in [0.717, 1.165) is 5.56 Å². The Bertz CT molecular complexity index is 469. The van der Waals surface area contributed by atoms with Crippen LogP contribution in [0.15, 0.2) is 24.3 Å². The van der Waals surface area contributed by atoms with E-state index in [1.165, 1.54) is 0 Å². The maximum atomic E-state index is 12.1. The highest BCUT2D eigenvalue weighted by Gasteiger charge is 2.63. The minimum atomic E-state index is -0.462. The number of carbonyl (C=O) groups excluding carboxylic acids is 1. The molecule has 1 aromatic rings. The van der Waals surface area contributed by atoms with Crippen LogP contribution in [0.1, 0.15) is 43.6 Å². The molecule has 104 valence electrons. The summed E-state index contributed by atoms with van der Waals surface area (Å²) in [5.74, 6) is -0.321. The predicted molar refractivity (Wildman–Crippen MR) is 74.0 cm³/mol. The number of aliphatic hydroxyl groups excluding tert-OH is 1. The Kier molecular flexibility index (Phi) is 3.21. The van der Waals surface area contributed by atoms with Gasteiger partial charge in [0.15, 0.2) is 0 Å². The smallest absolute Gasteiger partial charge is 0.338 e. The van der Waals surface area contributed by atoms with E-state index in [-0.39, 0.29) is 12.1 Å². The lowest BCUT2D eigenvalue weighted by atomic mass is 9.51. The molecule has 0 spiro atoms. The Morgan fingerprint density at radius 3 is 2.05 bits per heavy atom. The molecule has 1 N–H and O–H groups in total. The van der Waals surface area contributed by atoms with Crippen LogP contribution in [0.3, 0.4) is 0 Å². The van der Waals surface area contributed by atoms with Crippen LogP contribution in [0.25, 0.3) is 0 Å². The first-order valence-electron chi connectivity index (χ1n) is 6.63. The van der Waals surface area contributed by atoms with Crippen LogP contribution in [0.4, 0.5) is 0 Å². The average Bonchev–Trinajstić information content (AvgIpc) is 2.35. The summed E-state index contributed by atoms with van der Waals surface area (Å²) in [6.45, 7) is 9.68. The predicted octanol–water partition coefficient (Wildman–Crippen LogP) is 2.95. The number of carbonyl (C=O) groups is 1. The molecule has 0 radical (unpaired) electrons. The summed E-state index contributed by atoms with van der Waals surface area (Å²) in [6.07, 6.45) is -0.736. The van der Waals surface area contributed by atoms with Crippen molar-refractivity contribution in [3.05, 3.63) is 35.4 Å². The standard InChI is InChI=1S/C16H22O3/c1-10-6-8-11(9-7-10)12(17)19-14-15(2,3)13(18)16(14,4)5/h6-9,13-14,18H,1-5H3. The molecular weight excluding hydrogens is 240 g/mol. The third-order valence-corrected chi connectivity index (χ3v) is 4.27. The van der Waals surface area contributed by atoms with Gasteiger partial charge in [0.25, 0.3) is 0 Å². The second kappa shape index (κ2) is 4.34. The number of aliphatic hydroxyl groups is 1. The van der Waals surface area contributed by atoms with Crippen molar-refractivity contribution in [3.63, 3.8) is 0 Å².